The van der Waals surface area contributed by atoms with E-state index < -0.39 is 0 Å². The molecule has 1 saturated heterocycles. The molecule has 0 radical (unpaired) electrons. The Bertz CT molecular complexity index is 464. The van der Waals surface area contributed by atoms with Gasteiger partial charge in [-0.15, -0.1) is 12.4 Å². The number of aryl methyl sites for hydroxylation is 1. The van der Waals surface area contributed by atoms with Crippen LogP contribution in [-0.4, -0.2) is 36.8 Å². The van der Waals surface area contributed by atoms with Gasteiger partial charge in [0, 0.05) is 32.0 Å². The van der Waals surface area contributed by atoms with Gasteiger partial charge in [-0.05, 0) is 23.5 Å². The molecule has 0 aromatic heterocycles. The van der Waals surface area contributed by atoms with Gasteiger partial charge in [-0.2, -0.15) is 0 Å². The van der Waals surface area contributed by atoms with Crippen molar-refractivity contribution in [3.05, 3.63) is 35.4 Å². The molecule has 5 heteroatoms. The third kappa shape index (κ3) is 5.27. The van der Waals surface area contributed by atoms with Crippen molar-refractivity contribution in [3.8, 4) is 0 Å². The van der Waals surface area contributed by atoms with Gasteiger partial charge in [0.1, 0.15) is 0 Å². The third-order valence-electron chi connectivity index (χ3n) is 4.31. The van der Waals surface area contributed by atoms with Crippen molar-refractivity contribution < 1.29 is 9.90 Å². The SMILES string of the molecule is CCc1ccc(C(C)CC(=O)NCC2CNCC2O)cc1.Cl. The van der Waals surface area contributed by atoms with Gasteiger partial charge in [0.2, 0.25) is 5.91 Å². The third-order valence-corrected chi connectivity index (χ3v) is 4.31. The summed E-state index contributed by atoms with van der Waals surface area (Å²) >= 11 is 0. The Labute approximate surface area is 139 Å². The van der Waals surface area contributed by atoms with Crippen LogP contribution in [0.4, 0.5) is 0 Å². The number of hydrogen-bond donors (Lipinski definition) is 3. The molecule has 3 unspecified atom stereocenters. The number of carbonyl (C=O) groups excluding carboxylic acids is 1. The molecule has 2 rings (SSSR count). The largest absolute Gasteiger partial charge is 0.391 e. The lowest BCUT2D eigenvalue weighted by Crippen LogP contribution is -2.34. The first-order valence-corrected chi connectivity index (χ1v) is 7.84. The molecule has 0 saturated carbocycles. The fraction of sp³-hybridized carbons (Fsp3) is 0.588. The van der Waals surface area contributed by atoms with Crippen LogP contribution in [0.5, 0.6) is 0 Å². The van der Waals surface area contributed by atoms with Crippen LogP contribution >= 0.6 is 12.4 Å². The molecular formula is C17H27ClN2O2. The predicted octanol–water partition coefficient (Wildman–Crippen LogP) is 1.86. The van der Waals surface area contributed by atoms with Gasteiger partial charge < -0.3 is 15.7 Å². The zero-order valence-corrected chi connectivity index (χ0v) is 14.2. The van der Waals surface area contributed by atoms with Crippen LogP contribution in [0, 0.1) is 5.92 Å². The molecule has 1 aromatic carbocycles. The summed E-state index contributed by atoms with van der Waals surface area (Å²) in [4.78, 5) is 12.0. The molecule has 4 nitrogen and oxygen atoms in total. The standard InChI is InChI=1S/C17H26N2O2.ClH/c1-3-13-4-6-14(7-5-13)12(2)8-17(21)19-10-15-9-18-11-16(15)20;/h4-7,12,15-16,18,20H,3,8-11H2,1-2H3,(H,19,21);1H. The van der Waals surface area contributed by atoms with E-state index in [1.807, 2.05) is 0 Å². The van der Waals surface area contributed by atoms with E-state index in [4.69, 9.17) is 0 Å². The van der Waals surface area contributed by atoms with E-state index in [1.165, 1.54) is 11.1 Å². The maximum absolute atomic E-state index is 12.0. The first-order valence-electron chi connectivity index (χ1n) is 7.84. The summed E-state index contributed by atoms with van der Waals surface area (Å²) in [7, 11) is 0. The Morgan fingerprint density at radius 3 is 2.59 bits per heavy atom. The first-order chi connectivity index (χ1) is 10.1. The zero-order chi connectivity index (χ0) is 15.2. The van der Waals surface area contributed by atoms with Gasteiger partial charge in [0.25, 0.3) is 0 Å². The Hall–Kier alpha value is -1.10. The second-order valence-electron chi connectivity index (χ2n) is 5.99. The maximum Gasteiger partial charge on any atom is 0.220 e. The summed E-state index contributed by atoms with van der Waals surface area (Å²) in [5.74, 6) is 0.400. The Morgan fingerprint density at radius 1 is 1.36 bits per heavy atom. The summed E-state index contributed by atoms with van der Waals surface area (Å²) in [5, 5.41) is 15.8. The molecule has 1 heterocycles. The number of amides is 1. The van der Waals surface area contributed by atoms with Gasteiger partial charge >= 0.3 is 0 Å². The molecule has 0 aliphatic carbocycles. The molecular weight excluding hydrogens is 300 g/mol. The van der Waals surface area contributed by atoms with E-state index in [-0.39, 0.29) is 36.3 Å². The average Bonchev–Trinajstić information content (AvgIpc) is 2.90. The highest BCUT2D eigenvalue weighted by Gasteiger charge is 2.25. The highest BCUT2D eigenvalue weighted by molar-refractivity contribution is 5.85. The number of benzene rings is 1. The van der Waals surface area contributed by atoms with Crippen LogP contribution in [-0.2, 0) is 11.2 Å². The number of rotatable bonds is 6. The number of halogens is 1. The Kier molecular flexibility index (Phi) is 7.87. The first kappa shape index (κ1) is 18.9. The number of nitrogens with one attached hydrogen (secondary N) is 2. The summed E-state index contributed by atoms with van der Waals surface area (Å²) in [6, 6.07) is 8.48. The van der Waals surface area contributed by atoms with Crippen LogP contribution < -0.4 is 10.6 Å². The van der Waals surface area contributed by atoms with Gasteiger partial charge in [0.15, 0.2) is 0 Å². The Balaban J connectivity index is 0.00000242. The fourth-order valence-corrected chi connectivity index (χ4v) is 2.72. The molecule has 0 spiro atoms. The molecule has 1 aliphatic heterocycles. The highest BCUT2D eigenvalue weighted by Crippen LogP contribution is 2.19. The van der Waals surface area contributed by atoms with Crippen molar-refractivity contribution in [2.24, 2.45) is 5.92 Å². The molecule has 3 N–H and O–H groups in total. The molecule has 1 aliphatic rings. The molecule has 22 heavy (non-hydrogen) atoms. The van der Waals surface area contributed by atoms with Crippen molar-refractivity contribution in [2.75, 3.05) is 19.6 Å². The van der Waals surface area contributed by atoms with Crippen LogP contribution in [0.25, 0.3) is 0 Å². The molecule has 0 bridgehead atoms. The lowest BCUT2D eigenvalue weighted by molar-refractivity contribution is -0.121. The van der Waals surface area contributed by atoms with Crippen molar-refractivity contribution in [3.63, 3.8) is 0 Å². The van der Waals surface area contributed by atoms with Crippen LogP contribution in [0.15, 0.2) is 24.3 Å². The van der Waals surface area contributed by atoms with E-state index in [1.54, 1.807) is 0 Å². The second kappa shape index (κ2) is 9.13. The number of aliphatic hydroxyl groups excluding tert-OH is 1. The monoisotopic (exact) mass is 326 g/mol. The lowest BCUT2D eigenvalue weighted by atomic mass is 9.96. The normalized spacial score (nSPS) is 22.0. The predicted molar refractivity (Wildman–Crippen MR) is 91.5 cm³/mol. The molecule has 124 valence electrons. The molecule has 1 aromatic rings. The number of carbonyl (C=O) groups is 1. The van der Waals surface area contributed by atoms with Crippen molar-refractivity contribution in [2.45, 2.75) is 38.7 Å². The van der Waals surface area contributed by atoms with Gasteiger partial charge in [-0.1, -0.05) is 38.1 Å². The van der Waals surface area contributed by atoms with E-state index >= 15 is 0 Å². The topological polar surface area (TPSA) is 61.4 Å². The number of β-amino-alcohol motifs (C(OH)–C–C–N with tert-alkyl or cyclic N) is 1. The molecule has 1 fully saturated rings. The summed E-state index contributed by atoms with van der Waals surface area (Å²) in [5.41, 5.74) is 2.52. The Morgan fingerprint density at radius 2 is 2.05 bits per heavy atom. The summed E-state index contributed by atoms with van der Waals surface area (Å²) < 4.78 is 0. The van der Waals surface area contributed by atoms with Gasteiger partial charge in [0.05, 0.1) is 6.10 Å². The van der Waals surface area contributed by atoms with E-state index in [0.717, 1.165) is 13.0 Å². The van der Waals surface area contributed by atoms with E-state index in [9.17, 15) is 9.90 Å². The van der Waals surface area contributed by atoms with Crippen LogP contribution in [0.3, 0.4) is 0 Å². The lowest BCUT2D eigenvalue weighted by Gasteiger charge is -2.16. The second-order valence-corrected chi connectivity index (χ2v) is 5.99. The number of aliphatic hydroxyl groups is 1. The van der Waals surface area contributed by atoms with Gasteiger partial charge in [-0.25, -0.2) is 0 Å². The highest BCUT2D eigenvalue weighted by atomic mass is 35.5. The zero-order valence-electron chi connectivity index (χ0n) is 13.3. The minimum absolute atomic E-state index is 0. The number of hydrogen-bond acceptors (Lipinski definition) is 3. The van der Waals surface area contributed by atoms with Crippen LogP contribution in [0.1, 0.15) is 37.3 Å². The molecule has 1 amide bonds. The average molecular weight is 327 g/mol. The van der Waals surface area contributed by atoms with Gasteiger partial charge in [-0.3, -0.25) is 4.79 Å². The minimum Gasteiger partial charge on any atom is -0.391 e. The van der Waals surface area contributed by atoms with Crippen molar-refractivity contribution in [1.82, 2.24) is 10.6 Å². The van der Waals surface area contributed by atoms with Crippen LogP contribution in [0.2, 0.25) is 0 Å². The van der Waals surface area contributed by atoms with Crippen molar-refractivity contribution >= 4 is 18.3 Å². The van der Waals surface area contributed by atoms with E-state index in [2.05, 4.69) is 48.7 Å². The maximum atomic E-state index is 12.0. The van der Waals surface area contributed by atoms with Crippen molar-refractivity contribution in [1.29, 1.82) is 0 Å². The summed E-state index contributed by atoms with van der Waals surface area (Å²) in [6.45, 7) is 6.16. The van der Waals surface area contributed by atoms with E-state index in [0.29, 0.717) is 19.5 Å². The minimum atomic E-state index is -0.343. The summed E-state index contributed by atoms with van der Waals surface area (Å²) in [6.07, 6.45) is 1.18. The fourth-order valence-electron chi connectivity index (χ4n) is 2.72. The smallest absolute Gasteiger partial charge is 0.220 e. The quantitative estimate of drug-likeness (QED) is 0.748. The molecule has 3 atom stereocenters.